The summed E-state index contributed by atoms with van der Waals surface area (Å²) >= 11 is 1.95. The highest BCUT2D eigenvalue weighted by Gasteiger charge is 2.42. The normalized spacial score (nSPS) is 44.7. The summed E-state index contributed by atoms with van der Waals surface area (Å²) in [4.78, 5) is 4.43. The van der Waals surface area contributed by atoms with Crippen molar-refractivity contribution in [1.82, 2.24) is 15.8 Å². The monoisotopic (exact) mass is 200 g/mol. The summed E-state index contributed by atoms with van der Waals surface area (Å²) < 4.78 is 0.181. The molecule has 3 unspecified atom stereocenters. The minimum atomic E-state index is 0.181. The van der Waals surface area contributed by atoms with Gasteiger partial charge in [-0.25, -0.2) is 5.43 Å². The van der Waals surface area contributed by atoms with Crippen LogP contribution in [0.4, 0.5) is 0 Å². The topological polar surface area (TPSA) is 39.7 Å². The van der Waals surface area contributed by atoms with E-state index in [1.807, 2.05) is 30.2 Å². The number of hydrazine groups is 1. The lowest BCUT2D eigenvalue weighted by Gasteiger charge is -2.28. The van der Waals surface area contributed by atoms with Gasteiger partial charge in [0.2, 0.25) is 0 Å². The number of nitrogens with one attached hydrogen (secondary N) is 2. The smallest absolute Gasteiger partial charge is 0.134 e. The number of hydrogen-bond acceptors (Lipinski definition) is 5. The van der Waals surface area contributed by atoms with Gasteiger partial charge in [0.15, 0.2) is 0 Å². The molecule has 4 nitrogen and oxygen atoms in total. The molecule has 0 spiro atoms. The van der Waals surface area contributed by atoms with Gasteiger partial charge in [-0.2, -0.15) is 0 Å². The number of thioether (sulfide) groups is 1. The molecular weight excluding hydrogens is 184 g/mol. The van der Waals surface area contributed by atoms with Crippen molar-refractivity contribution < 1.29 is 0 Å². The molecule has 2 heterocycles. The summed E-state index contributed by atoms with van der Waals surface area (Å²) in [5.74, 6) is 0. The van der Waals surface area contributed by atoms with Gasteiger partial charge in [-0.15, -0.1) is 11.8 Å². The fourth-order valence-electron chi connectivity index (χ4n) is 1.72. The predicted octanol–water partition coefficient (Wildman–Crippen LogP) is 0.232. The van der Waals surface area contributed by atoms with Crippen molar-refractivity contribution in [3.8, 4) is 0 Å². The standard InChI is InChI=1S/C8H16N4S/c1-6-9-4-8(2,13-6)7-10-5-12(3)11-7/h5-7,9,11H,4H2,1-3H3. The molecule has 0 bridgehead atoms. The minimum absolute atomic E-state index is 0.181. The SMILES string of the molecule is CC1NCC(C)(C2N=CN(C)N2)S1. The summed E-state index contributed by atoms with van der Waals surface area (Å²) in [6, 6.07) is 0. The molecule has 2 aliphatic heterocycles. The van der Waals surface area contributed by atoms with Gasteiger partial charge in [-0.05, 0) is 13.8 Å². The molecule has 0 aromatic heterocycles. The first-order chi connectivity index (χ1) is 6.10. The molecule has 0 saturated carbocycles. The van der Waals surface area contributed by atoms with Crippen LogP contribution in [-0.4, -0.2) is 41.2 Å². The first kappa shape index (κ1) is 9.30. The third kappa shape index (κ3) is 1.68. The zero-order valence-electron chi connectivity index (χ0n) is 8.24. The fraction of sp³-hybridized carbons (Fsp3) is 0.875. The van der Waals surface area contributed by atoms with Crippen LogP contribution in [0.15, 0.2) is 4.99 Å². The van der Waals surface area contributed by atoms with E-state index in [9.17, 15) is 0 Å². The summed E-state index contributed by atoms with van der Waals surface area (Å²) in [5.41, 5.74) is 3.31. The lowest BCUT2D eigenvalue weighted by molar-refractivity contribution is 0.313. The van der Waals surface area contributed by atoms with Crippen molar-refractivity contribution in [2.45, 2.75) is 30.1 Å². The summed E-state index contributed by atoms with van der Waals surface area (Å²) in [6.45, 7) is 5.46. The first-order valence-corrected chi connectivity index (χ1v) is 5.42. The van der Waals surface area contributed by atoms with E-state index in [0.717, 1.165) is 6.54 Å². The molecule has 0 amide bonds. The van der Waals surface area contributed by atoms with E-state index < -0.39 is 0 Å². The van der Waals surface area contributed by atoms with E-state index in [-0.39, 0.29) is 10.9 Å². The van der Waals surface area contributed by atoms with Gasteiger partial charge in [0.1, 0.15) is 12.5 Å². The van der Waals surface area contributed by atoms with E-state index in [2.05, 4.69) is 29.6 Å². The van der Waals surface area contributed by atoms with Gasteiger partial charge in [0.25, 0.3) is 0 Å². The van der Waals surface area contributed by atoms with Gasteiger partial charge in [0.05, 0.1) is 10.1 Å². The van der Waals surface area contributed by atoms with Crippen LogP contribution in [0, 0.1) is 0 Å². The van der Waals surface area contributed by atoms with Gasteiger partial charge in [0, 0.05) is 13.6 Å². The summed E-state index contributed by atoms with van der Waals surface area (Å²) in [5, 5.41) is 5.88. The van der Waals surface area contributed by atoms with Gasteiger partial charge in [-0.1, -0.05) is 0 Å². The van der Waals surface area contributed by atoms with Crippen LogP contribution in [0.25, 0.3) is 0 Å². The van der Waals surface area contributed by atoms with Crippen molar-refractivity contribution >= 4 is 18.1 Å². The van der Waals surface area contributed by atoms with Crippen molar-refractivity contribution in [3.63, 3.8) is 0 Å². The van der Waals surface area contributed by atoms with Crippen LogP contribution >= 0.6 is 11.8 Å². The van der Waals surface area contributed by atoms with Crippen molar-refractivity contribution in [2.75, 3.05) is 13.6 Å². The minimum Gasteiger partial charge on any atom is -0.304 e. The molecule has 0 aromatic carbocycles. The molecule has 1 saturated heterocycles. The Balaban J connectivity index is 2.04. The van der Waals surface area contributed by atoms with Crippen LogP contribution < -0.4 is 10.7 Å². The van der Waals surface area contributed by atoms with Crippen molar-refractivity contribution in [3.05, 3.63) is 0 Å². The second-order valence-corrected chi connectivity index (χ2v) is 5.74. The van der Waals surface area contributed by atoms with E-state index in [1.165, 1.54) is 0 Å². The molecule has 5 heteroatoms. The molecule has 0 aromatic rings. The Kier molecular flexibility index (Phi) is 2.25. The average molecular weight is 200 g/mol. The van der Waals surface area contributed by atoms with Crippen molar-refractivity contribution in [2.24, 2.45) is 4.99 Å². The Morgan fingerprint density at radius 1 is 1.69 bits per heavy atom. The molecule has 1 fully saturated rings. The largest absolute Gasteiger partial charge is 0.304 e. The Bertz CT molecular complexity index is 232. The third-order valence-electron chi connectivity index (χ3n) is 2.48. The molecule has 0 aliphatic carbocycles. The highest BCUT2D eigenvalue weighted by atomic mass is 32.2. The number of hydrogen-bond donors (Lipinski definition) is 2. The summed E-state index contributed by atoms with van der Waals surface area (Å²) in [7, 11) is 1.98. The highest BCUT2D eigenvalue weighted by molar-refractivity contribution is 8.01. The van der Waals surface area contributed by atoms with E-state index >= 15 is 0 Å². The number of aliphatic imine (C=N–C) groups is 1. The van der Waals surface area contributed by atoms with Crippen LogP contribution in [0.5, 0.6) is 0 Å². The Morgan fingerprint density at radius 3 is 2.92 bits per heavy atom. The average Bonchev–Trinajstić information content (AvgIpc) is 2.60. The number of nitrogens with zero attached hydrogens (tertiary/aromatic N) is 2. The van der Waals surface area contributed by atoms with Crippen LogP contribution in [-0.2, 0) is 0 Å². The zero-order valence-corrected chi connectivity index (χ0v) is 9.06. The maximum atomic E-state index is 4.43. The van der Waals surface area contributed by atoms with Gasteiger partial charge in [-0.3, -0.25) is 10.0 Å². The van der Waals surface area contributed by atoms with E-state index in [4.69, 9.17) is 0 Å². The first-order valence-electron chi connectivity index (χ1n) is 4.54. The molecule has 2 aliphatic rings. The summed E-state index contributed by atoms with van der Waals surface area (Å²) in [6.07, 6.45) is 2.05. The predicted molar refractivity (Wildman–Crippen MR) is 56.6 cm³/mol. The Morgan fingerprint density at radius 2 is 2.46 bits per heavy atom. The molecule has 13 heavy (non-hydrogen) atoms. The van der Waals surface area contributed by atoms with Gasteiger partial charge < -0.3 is 5.32 Å². The fourth-order valence-corrected chi connectivity index (χ4v) is 3.10. The van der Waals surface area contributed by atoms with Gasteiger partial charge >= 0.3 is 0 Å². The lowest BCUT2D eigenvalue weighted by Crippen LogP contribution is -2.48. The zero-order chi connectivity index (χ0) is 9.47. The molecule has 2 rings (SSSR count). The Labute approximate surface area is 83.1 Å². The quantitative estimate of drug-likeness (QED) is 0.636. The maximum Gasteiger partial charge on any atom is 0.134 e. The van der Waals surface area contributed by atoms with Crippen LogP contribution in [0.1, 0.15) is 13.8 Å². The molecule has 0 radical (unpaired) electrons. The second-order valence-electron chi connectivity index (χ2n) is 3.86. The number of rotatable bonds is 1. The lowest BCUT2D eigenvalue weighted by atomic mass is 10.1. The third-order valence-corrected chi connectivity index (χ3v) is 3.91. The molecule has 74 valence electrons. The second kappa shape index (κ2) is 3.15. The highest BCUT2D eigenvalue weighted by Crippen LogP contribution is 2.37. The van der Waals surface area contributed by atoms with Crippen molar-refractivity contribution in [1.29, 1.82) is 0 Å². The molecule has 2 N–H and O–H groups in total. The maximum absolute atomic E-state index is 4.43. The molecule has 3 atom stereocenters. The van der Waals surface area contributed by atoms with E-state index in [0.29, 0.717) is 5.37 Å². The van der Waals surface area contributed by atoms with Crippen LogP contribution in [0.3, 0.4) is 0 Å². The van der Waals surface area contributed by atoms with E-state index in [1.54, 1.807) is 0 Å². The molecular formula is C8H16N4S. The Hall–Kier alpha value is -0.260. The van der Waals surface area contributed by atoms with Crippen LogP contribution in [0.2, 0.25) is 0 Å².